The minimum Gasteiger partial charge on any atom is -0.506 e. The summed E-state index contributed by atoms with van der Waals surface area (Å²) in [6, 6.07) is 18.3. The Kier molecular flexibility index (Phi) is 6.06. The maximum Gasteiger partial charge on any atom is 0.208 e. The molecular weight excluding hydrogens is 371 g/mol. The molecule has 1 N–H and O–H groups in total. The largest absolute Gasteiger partial charge is 0.506 e. The first-order valence-corrected chi connectivity index (χ1v) is 8.72. The van der Waals surface area contributed by atoms with Crippen molar-refractivity contribution in [3.63, 3.8) is 0 Å². The molecule has 0 bridgehead atoms. The van der Waals surface area contributed by atoms with Gasteiger partial charge in [0, 0.05) is 6.08 Å². The SMILES string of the molecule is O=CC1C(F)=C(Cl)C(O)=CC1(OCc1ccccc1)OCc1ccccc1. The lowest BCUT2D eigenvalue weighted by molar-refractivity contribution is -0.239. The summed E-state index contributed by atoms with van der Waals surface area (Å²) in [6.07, 6.45) is 1.51. The number of ether oxygens (including phenoxy) is 2. The van der Waals surface area contributed by atoms with Crippen LogP contribution in [0.5, 0.6) is 0 Å². The number of rotatable bonds is 7. The van der Waals surface area contributed by atoms with Crippen LogP contribution in [0.4, 0.5) is 4.39 Å². The van der Waals surface area contributed by atoms with E-state index in [4.69, 9.17) is 21.1 Å². The third-order valence-electron chi connectivity index (χ3n) is 4.23. The molecule has 1 unspecified atom stereocenters. The highest BCUT2D eigenvalue weighted by atomic mass is 35.5. The van der Waals surface area contributed by atoms with Gasteiger partial charge in [-0.25, -0.2) is 4.39 Å². The van der Waals surface area contributed by atoms with Gasteiger partial charge >= 0.3 is 0 Å². The second-order valence-corrected chi connectivity index (χ2v) is 6.45. The van der Waals surface area contributed by atoms with Gasteiger partial charge in [-0.2, -0.15) is 0 Å². The van der Waals surface area contributed by atoms with E-state index < -0.39 is 28.3 Å². The zero-order valence-electron chi connectivity index (χ0n) is 14.3. The molecule has 0 fully saturated rings. The van der Waals surface area contributed by atoms with E-state index in [9.17, 15) is 14.3 Å². The summed E-state index contributed by atoms with van der Waals surface area (Å²) >= 11 is 5.77. The molecule has 27 heavy (non-hydrogen) atoms. The highest BCUT2D eigenvalue weighted by Gasteiger charge is 2.47. The van der Waals surface area contributed by atoms with Crippen molar-refractivity contribution in [2.75, 3.05) is 0 Å². The second kappa shape index (κ2) is 8.48. The molecule has 6 heteroatoms. The molecule has 0 saturated heterocycles. The van der Waals surface area contributed by atoms with Crippen LogP contribution < -0.4 is 0 Å². The topological polar surface area (TPSA) is 55.8 Å². The van der Waals surface area contributed by atoms with E-state index in [-0.39, 0.29) is 13.2 Å². The van der Waals surface area contributed by atoms with Gasteiger partial charge in [-0.1, -0.05) is 72.3 Å². The van der Waals surface area contributed by atoms with Gasteiger partial charge in [-0.3, -0.25) is 0 Å². The Bertz CT molecular complexity index is 806. The van der Waals surface area contributed by atoms with E-state index in [2.05, 4.69) is 0 Å². The number of hydrogen-bond donors (Lipinski definition) is 1. The summed E-state index contributed by atoms with van der Waals surface area (Å²) in [6.45, 7) is 0.100. The first-order chi connectivity index (χ1) is 13.1. The predicted molar refractivity (Wildman–Crippen MR) is 99.4 cm³/mol. The Morgan fingerprint density at radius 3 is 1.93 bits per heavy atom. The Morgan fingerprint density at radius 1 is 1.00 bits per heavy atom. The fourth-order valence-corrected chi connectivity index (χ4v) is 2.95. The molecule has 0 amide bonds. The van der Waals surface area contributed by atoms with Crippen molar-refractivity contribution in [3.8, 4) is 0 Å². The van der Waals surface area contributed by atoms with Crippen molar-refractivity contribution in [1.29, 1.82) is 0 Å². The van der Waals surface area contributed by atoms with Crippen molar-refractivity contribution in [2.45, 2.75) is 19.0 Å². The van der Waals surface area contributed by atoms with Crippen LogP contribution in [-0.4, -0.2) is 17.2 Å². The number of carbonyl (C=O) groups excluding carboxylic acids is 1. The molecule has 0 saturated carbocycles. The first-order valence-electron chi connectivity index (χ1n) is 8.34. The number of benzene rings is 2. The smallest absolute Gasteiger partial charge is 0.208 e. The predicted octanol–water partition coefficient (Wildman–Crippen LogP) is 4.81. The average Bonchev–Trinajstić information content (AvgIpc) is 2.71. The first kappa shape index (κ1) is 19.3. The Hall–Kier alpha value is -2.47. The number of aliphatic hydroxyl groups excluding tert-OH is 1. The minimum absolute atomic E-state index is 0.0502. The molecule has 2 aromatic rings. The average molecular weight is 389 g/mol. The van der Waals surface area contributed by atoms with Crippen LogP contribution in [0.1, 0.15) is 11.1 Å². The van der Waals surface area contributed by atoms with Crippen molar-refractivity contribution in [1.82, 2.24) is 0 Å². The van der Waals surface area contributed by atoms with Crippen molar-refractivity contribution < 1.29 is 23.8 Å². The normalized spacial score (nSPS) is 18.9. The van der Waals surface area contributed by atoms with Crippen LogP contribution in [0.3, 0.4) is 0 Å². The summed E-state index contributed by atoms with van der Waals surface area (Å²) < 4.78 is 26.3. The van der Waals surface area contributed by atoms with Crippen molar-refractivity contribution in [2.24, 2.45) is 5.92 Å². The van der Waals surface area contributed by atoms with Gasteiger partial charge in [0.25, 0.3) is 0 Å². The van der Waals surface area contributed by atoms with E-state index in [0.29, 0.717) is 6.29 Å². The molecule has 1 aliphatic carbocycles. The minimum atomic E-state index is -1.82. The number of hydrogen-bond acceptors (Lipinski definition) is 4. The molecule has 0 aromatic heterocycles. The van der Waals surface area contributed by atoms with Crippen LogP contribution in [0, 0.1) is 5.92 Å². The van der Waals surface area contributed by atoms with Crippen LogP contribution in [0.15, 0.2) is 83.4 Å². The molecule has 2 aromatic carbocycles. The molecule has 1 atom stereocenters. The lowest BCUT2D eigenvalue weighted by Gasteiger charge is -2.37. The third kappa shape index (κ3) is 4.27. The standard InChI is InChI=1S/C21H18ClFO4/c22-19-18(25)11-21(17(12-24)20(19)23,26-13-15-7-3-1-4-8-15)27-14-16-9-5-2-6-10-16/h1-12,17,25H,13-14H2. The summed E-state index contributed by atoms with van der Waals surface area (Å²) in [4.78, 5) is 11.7. The highest BCUT2D eigenvalue weighted by Crippen LogP contribution is 2.41. The number of halogens is 2. The maximum absolute atomic E-state index is 14.6. The summed E-state index contributed by atoms with van der Waals surface area (Å²) in [5.74, 6) is -4.78. The summed E-state index contributed by atoms with van der Waals surface area (Å²) in [5.41, 5.74) is 1.61. The molecule has 3 rings (SSSR count). The maximum atomic E-state index is 14.6. The molecule has 0 heterocycles. The lowest BCUT2D eigenvalue weighted by Crippen LogP contribution is -2.45. The van der Waals surface area contributed by atoms with Gasteiger partial charge in [-0.15, -0.1) is 0 Å². The van der Waals surface area contributed by atoms with Crippen LogP contribution in [0.2, 0.25) is 0 Å². The molecule has 0 spiro atoms. The number of aldehydes is 1. The fraction of sp³-hybridized carbons (Fsp3) is 0.190. The van der Waals surface area contributed by atoms with Gasteiger partial charge in [-0.05, 0) is 11.1 Å². The molecule has 140 valence electrons. The monoisotopic (exact) mass is 388 g/mol. The van der Waals surface area contributed by atoms with Crippen LogP contribution >= 0.6 is 11.6 Å². The van der Waals surface area contributed by atoms with E-state index in [1.54, 1.807) is 0 Å². The van der Waals surface area contributed by atoms with E-state index >= 15 is 0 Å². The third-order valence-corrected chi connectivity index (χ3v) is 4.60. The summed E-state index contributed by atoms with van der Waals surface area (Å²) in [7, 11) is 0. The van der Waals surface area contributed by atoms with Gasteiger partial charge in [0.1, 0.15) is 28.8 Å². The van der Waals surface area contributed by atoms with Crippen molar-refractivity contribution in [3.05, 3.63) is 94.5 Å². The van der Waals surface area contributed by atoms with Gasteiger partial charge in [0.05, 0.1) is 13.2 Å². The van der Waals surface area contributed by atoms with E-state index in [1.807, 2.05) is 60.7 Å². The number of allylic oxidation sites excluding steroid dienone is 1. The van der Waals surface area contributed by atoms with Crippen molar-refractivity contribution >= 4 is 17.9 Å². The molecule has 4 nitrogen and oxygen atoms in total. The quantitative estimate of drug-likeness (QED) is 0.546. The Balaban J connectivity index is 1.91. The molecular formula is C21H18ClFO4. The van der Waals surface area contributed by atoms with Crippen LogP contribution in [0.25, 0.3) is 0 Å². The second-order valence-electron chi connectivity index (χ2n) is 6.08. The highest BCUT2D eigenvalue weighted by molar-refractivity contribution is 6.32. The number of carbonyl (C=O) groups is 1. The zero-order valence-corrected chi connectivity index (χ0v) is 15.1. The van der Waals surface area contributed by atoms with E-state index in [1.165, 1.54) is 0 Å². The fourth-order valence-electron chi connectivity index (χ4n) is 2.78. The van der Waals surface area contributed by atoms with Gasteiger partial charge in [0.2, 0.25) is 5.79 Å². The van der Waals surface area contributed by atoms with Gasteiger partial charge < -0.3 is 19.4 Å². The van der Waals surface area contributed by atoms with Gasteiger partial charge in [0.15, 0.2) is 0 Å². The van der Waals surface area contributed by atoms with Crippen LogP contribution in [-0.2, 0) is 27.5 Å². The Morgan fingerprint density at radius 2 is 1.48 bits per heavy atom. The van der Waals surface area contributed by atoms with E-state index in [0.717, 1.165) is 17.2 Å². The molecule has 0 radical (unpaired) electrons. The zero-order chi connectivity index (χ0) is 19.3. The molecule has 0 aliphatic heterocycles. The summed E-state index contributed by atoms with van der Waals surface area (Å²) in [5, 5.41) is 9.53. The lowest BCUT2D eigenvalue weighted by atomic mass is 9.92. The Labute approximate surface area is 161 Å². The number of aliphatic hydroxyl groups is 1. The molecule has 1 aliphatic rings.